The van der Waals surface area contributed by atoms with Crippen LogP contribution in [-0.2, 0) is 10.2 Å². The second kappa shape index (κ2) is 7.18. The van der Waals surface area contributed by atoms with Crippen molar-refractivity contribution in [3.05, 3.63) is 65.6 Å². The molecule has 0 saturated carbocycles. The predicted molar refractivity (Wildman–Crippen MR) is 108 cm³/mol. The minimum absolute atomic E-state index is 0.276. The summed E-state index contributed by atoms with van der Waals surface area (Å²) in [5.74, 6) is -0.846. The Kier molecular flexibility index (Phi) is 4.65. The van der Waals surface area contributed by atoms with Crippen LogP contribution in [0.3, 0.4) is 0 Å². The zero-order valence-corrected chi connectivity index (χ0v) is 16.8. The summed E-state index contributed by atoms with van der Waals surface area (Å²) >= 11 is 0. The molecule has 9 nitrogen and oxygen atoms in total. The third-order valence-electron chi connectivity index (χ3n) is 4.67. The number of hydrogen-bond acceptors (Lipinski definition) is 6. The highest BCUT2D eigenvalue weighted by Crippen LogP contribution is 2.26. The van der Waals surface area contributed by atoms with Crippen molar-refractivity contribution in [1.29, 1.82) is 0 Å². The Morgan fingerprint density at radius 2 is 1.60 bits per heavy atom. The van der Waals surface area contributed by atoms with Crippen LogP contribution < -0.4 is 5.32 Å². The number of rotatable bonds is 4. The minimum Gasteiger partial charge on any atom is -0.309 e. The van der Waals surface area contributed by atoms with Crippen LogP contribution in [0.5, 0.6) is 0 Å². The van der Waals surface area contributed by atoms with Crippen LogP contribution in [0.2, 0.25) is 0 Å². The van der Waals surface area contributed by atoms with Gasteiger partial charge in [0.25, 0.3) is 17.8 Å². The summed E-state index contributed by atoms with van der Waals surface area (Å²) in [6.07, 6.45) is 3.15. The van der Waals surface area contributed by atoms with Gasteiger partial charge in [-0.25, -0.2) is 9.97 Å². The number of carbonyl (C=O) groups excluding carboxylic acids is 3. The van der Waals surface area contributed by atoms with Gasteiger partial charge in [0.2, 0.25) is 5.91 Å². The van der Waals surface area contributed by atoms with E-state index in [-0.39, 0.29) is 5.41 Å². The fourth-order valence-corrected chi connectivity index (χ4v) is 3.10. The molecule has 1 N–H and O–H groups in total. The molecule has 0 aliphatic carbocycles. The van der Waals surface area contributed by atoms with Gasteiger partial charge in [-0.15, -0.1) is 0 Å². The Bertz CT molecular complexity index is 1110. The van der Waals surface area contributed by atoms with Gasteiger partial charge in [0.05, 0.1) is 16.8 Å². The highest BCUT2D eigenvalue weighted by atomic mass is 16.2. The molecule has 1 aromatic carbocycles. The molecule has 152 valence electrons. The number of carbonyl (C=O) groups is 3. The third kappa shape index (κ3) is 3.45. The summed E-state index contributed by atoms with van der Waals surface area (Å²) < 4.78 is 1.43. The van der Waals surface area contributed by atoms with Crippen molar-refractivity contribution >= 4 is 23.5 Å². The highest BCUT2D eigenvalue weighted by molar-refractivity contribution is 6.22. The number of amides is 3. The van der Waals surface area contributed by atoms with E-state index in [1.807, 2.05) is 20.8 Å². The topological polar surface area (TPSA) is 110 Å². The quantitative estimate of drug-likeness (QED) is 0.668. The first-order valence-electron chi connectivity index (χ1n) is 9.39. The lowest BCUT2D eigenvalue weighted by molar-refractivity contribution is -0.116. The van der Waals surface area contributed by atoms with Crippen molar-refractivity contribution in [1.82, 2.24) is 24.6 Å². The number of fused-ring (bicyclic) bond motifs is 1. The molecular weight excluding hydrogens is 384 g/mol. The van der Waals surface area contributed by atoms with Crippen LogP contribution in [0.25, 0.3) is 5.95 Å². The van der Waals surface area contributed by atoms with Crippen LogP contribution in [0.15, 0.2) is 48.8 Å². The number of benzene rings is 1. The van der Waals surface area contributed by atoms with E-state index in [0.717, 1.165) is 10.6 Å². The lowest BCUT2D eigenvalue weighted by atomic mass is 9.92. The summed E-state index contributed by atoms with van der Waals surface area (Å²) in [5, 5.41) is 7.26. The molecule has 2 aromatic heterocycles. The fraction of sp³-hybridized carbons (Fsp3) is 0.238. The molecule has 3 aromatic rings. The molecule has 0 radical (unpaired) electrons. The first-order chi connectivity index (χ1) is 14.3. The molecule has 3 heterocycles. The van der Waals surface area contributed by atoms with Gasteiger partial charge >= 0.3 is 0 Å². The summed E-state index contributed by atoms with van der Waals surface area (Å²) in [6.45, 7) is 5.58. The normalized spacial score (nSPS) is 13.5. The van der Waals surface area contributed by atoms with Gasteiger partial charge in [0.15, 0.2) is 0 Å². The van der Waals surface area contributed by atoms with Gasteiger partial charge in [0.1, 0.15) is 12.4 Å². The number of hydrogen-bond donors (Lipinski definition) is 1. The Labute approximate surface area is 172 Å². The monoisotopic (exact) mass is 404 g/mol. The van der Waals surface area contributed by atoms with Crippen LogP contribution in [0, 0.1) is 0 Å². The number of nitrogens with zero attached hydrogens (tertiary/aromatic N) is 5. The zero-order valence-electron chi connectivity index (χ0n) is 16.8. The Hall–Kier alpha value is -3.88. The van der Waals surface area contributed by atoms with E-state index in [0.29, 0.717) is 22.9 Å². The average Bonchev–Trinajstić information content (AvgIpc) is 3.24. The van der Waals surface area contributed by atoms with Crippen molar-refractivity contribution < 1.29 is 14.4 Å². The molecule has 1 aliphatic rings. The van der Waals surface area contributed by atoms with E-state index < -0.39 is 24.3 Å². The first-order valence-corrected chi connectivity index (χ1v) is 9.39. The molecule has 0 bridgehead atoms. The lowest BCUT2D eigenvalue weighted by Gasteiger charge is -2.14. The standard InChI is InChI=1S/C21H20N6O3/c1-21(2,3)15-11-16(27(25-15)20-22-9-6-10-23-20)24-17(28)12-26-18(29)13-7-4-5-8-14(13)19(26)30/h4-11H,12H2,1-3H3,(H,24,28). The Balaban J connectivity index is 1.59. The van der Waals surface area contributed by atoms with Crippen LogP contribution in [-0.4, -0.2) is 48.9 Å². The SMILES string of the molecule is CC(C)(C)c1cc(NC(=O)CN2C(=O)c3ccccc3C2=O)n(-c2ncccn2)n1. The smallest absolute Gasteiger partial charge is 0.262 e. The van der Waals surface area contributed by atoms with Crippen molar-refractivity contribution in [2.45, 2.75) is 26.2 Å². The van der Waals surface area contributed by atoms with Crippen molar-refractivity contribution in [2.24, 2.45) is 0 Å². The molecule has 1 aliphatic heterocycles. The molecule has 0 spiro atoms. The number of nitrogens with one attached hydrogen (secondary N) is 1. The molecule has 0 atom stereocenters. The highest BCUT2D eigenvalue weighted by Gasteiger charge is 2.36. The van der Waals surface area contributed by atoms with Gasteiger partial charge < -0.3 is 5.32 Å². The van der Waals surface area contributed by atoms with Crippen molar-refractivity contribution in [2.75, 3.05) is 11.9 Å². The van der Waals surface area contributed by atoms with E-state index in [9.17, 15) is 14.4 Å². The second-order valence-corrected chi connectivity index (χ2v) is 7.92. The molecule has 4 rings (SSSR count). The minimum atomic E-state index is -0.526. The number of aromatic nitrogens is 4. The summed E-state index contributed by atoms with van der Waals surface area (Å²) in [5.41, 5.74) is 1.05. The molecule has 0 fully saturated rings. The molecule has 3 amide bonds. The van der Waals surface area contributed by atoms with E-state index in [1.165, 1.54) is 4.68 Å². The molecule has 9 heteroatoms. The number of anilines is 1. The predicted octanol–water partition coefficient (Wildman–Crippen LogP) is 2.19. The van der Waals surface area contributed by atoms with E-state index in [1.54, 1.807) is 48.8 Å². The lowest BCUT2D eigenvalue weighted by Crippen LogP contribution is -2.37. The molecule has 0 saturated heterocycles. The second-order valence-electron chi connectivity index (χ2n) is 7.92. The van der Waals surface area contributed by atoms with E-state index in [2.05, 4.69) is 20.4 Å². The number of imide groups is 1. The third-order valence-corrected chi connectivity index (χ3v) is 4.67. The molecule has 0 unspecified atom stereocenters. The maximum absolute atomic E-state index is 12.7. The fourth-order valence-electron chi connectivity index (χ4n) is 3.10. The van der Waals surface area contributed by atoms with Gasteiger partial charge in [-0.3, -0.25) is 19.3 Å². The van der Waals surface area contributed by atoms with Gasteiger partial charge in [0, 0.05) is 23.9 Å². The largest absolute Gasteiger partial charge is 0.309 e. The van der Waals surface area contributed by atoms with Gasteiger partial charge in [-0.2, -0.15) is 9.78 Å². The van der Waals surface area contributed by atoms with Gasteiger partial charge in [-0.1, -0.05) is 32.9 Å². The van der Waals surface area contributed by atoms with Crippen molar-refractivity contribution in [3.63, 3.8) is 0 Å². The van der Waals surface area contributed by atoms with E-state index >= 15 is 0 Å². The summed E-state index contributed by atoms with van der Waals surface area (Å²) in [6, 6.07) is 9.92. The van der Waals surface area contributed by atoms with E-state index in [4.69, 9.17) is 0 Å². The van der Waals surface area contributed by atoms with Crippen LogP contribution >= 0.6 is 0 Å². The van der Waals surface area contributed by atoms with Crippen LogP contribution in [0.1, 0.15) is 47.2 Å². The maximum Gasteiger partial charge on any atom is 0.262 e. The average molecular weight is 404 g/mol. The van der Waals surface area contributed by atoms with Crippen molar-refractivity contribution in [3.8, 4) is 5.95 Å². The Morgan fingerprint density at radius 3 is 2.17 bits per heavy atom. The summed E-state index contributed by atoms with van der Waals surface area (Å²) in [7, 11) is 0. The molecular formula is C21H20N6O3. The van der Waals surface area contributed by atoms with Gasteiger partial charge in [-0.05, 0) is 18.2 Å². The van der Waals surface area contributed by atoms with Crippen LogP contribution in [0.4, 0.5) is 5.82 Å². The first kappa shape index (κ1) is 19.4. The zero-order chi connectivity index (χ0) is 21.5. The summed E-state index contributed by atoms with van der Waals surface area (Å²) in [4.78, 5) is 47.0. The Morgan fingerprint density at radius 1 is 1.00 bits per heavy atom. The molecule has 30 heavy (non-hydrogen) atoms. The maximum atomic E-state index is 12.7.